The number of aryl methyl sites for hydroxylation is 1. The van der Waals surface area contributed by atoms with Gasteiger partial charge in [0.25, 0.3) is 11.6 Å². The lowest BCUT2D eigenvalue weighted by atomic mass is 9.98. The molecule has 1 atom stereocenters. The molecule has 1 fully saturated rings. The second kappa shape index (κ2) is 6.35. The summed E-state index contributed by atoms with van der Waals surface area (Å²) in [5.41, 5.74) is -0.785. The fourth-order valence-corrected chi connectivity index (χ4v) is 3.67. The van der Waals surface area contributed by atoms with Gasteiger partial charge in [-0.2, -0.15) is 11.8 Å². The number of hydrogen-bond acceptors (Lipinski definition) is 5. The molecule has 22 heavy (non-hydrogen) atoms. The van der Waals surface area contributed by atoms with E-state index in [1.54, 1.807) is 6.92 Å². The van der Waals surface area contributed by atoms with Crippen LogP contribution in [0, 0.1) is 10.1 Å². The van der Waals surface area contributed by atoms with Crippen molar-refractivity contribution in [2.45, 2.75) is 25.3 Å². The first kappa shape index (κ1) is 16.3. The van der Waals surface area contributed by atoms with Crippen LogP contribution in [0.15, 0.2) is 18.2 Å². The highest BCUT2D eigenvalue weighted by molar-refractivity contribution is 7.99. The molecule has 2 rings (SSSR count). The summed E-state index contributed by atoms with van der Waals surface area (Å²) < 4.78 is 0. The Morgan fingerprint density at radius 3 is 2.73 bits per heavy atom. The van der Waals surface area contributed by atoms with Crippen LogP contribution < -0.4 is 5.32 Å². The van der Waals surface area contributed by atoms with E-state index < -0.39 is 22.3 Å². The summed E-state index contributed by atoms with van der Waals surface area (Å²) in [5, 5.41) is 22.9. The van der Waals surface area contributed by atoms with Gasteiger partial charge in [-0.1, -0.05) is 13.0 Å². The van der Waals surface area contributed by atoms with Gasteiger partial charge in [0.2, 0.25) is 0 Å². The molecule has 1 aliphatic rings. The Kier molecular flexibility index (Phi) is 4.70. The number of nitro groups is 1. The number of nitrogens with one attached hydrogen (secondary N) is 1. The Balaban J connectivity index is 2.28. The molecule has 8 heteroatoms. The summed E-state index contributed by atoms with van der Waals surface area (Å²) in [6.45, 7) is 1.79. The third kappa shape index (κ3) is 3.06. The number of benzene rings is 1. The minimum atomic E-state index is -1.29. The molecule has 1 aromatic carbocycles. The topological polar surface area (TPSA) is 110 Å². The van der Waals surface area contributed by atoms with Gasteiger partial charge in [0.1, 0.15) is 5.54 Å². The van der Waals surface area contributed by atoms with Gasteiger partial charge in [-0.15, -0.1) is 0 Å². The first-order chi connectivity index (χ1) is 10.4. The summed E-state index contributed by atoms with van der Waals surface area (Å²) in [4.78, 5) is 34.2. The van der Waals surface area contributed by atoms with Crippen molar-refractivity contribution in [1.29, 1.82) is 0 Å². The minimum Gasteiger partial charge on any atom is -0.479 e. The molecule has 1 unspecified atom stereocenters. The van der Waals surface area contributed by atoms with Crippen LogP contribution in [-0.4, -0.2) is 39.0 Å². The van der Waals surface area contributed by atoms with Crippen molar-refractivity contribution in [3.8, 4) is 0 Å². The van der Waals surface area contributed by atoms with Gasteiger partial charge in [0.15, 0.2) is 0 Å². The summed E-state index contributed by atoms with van der Waals surface area (Å²) in [6.07, 6.45) is 0.821. The number of rotatable bonds is 5. The first-order valence-electron chi connectivity index (χ1n) is 6.80. The fourth-order valence-electron chi connectivity index (χ4n) is 2.35. The summed E-state index contributed by atoms with van der Waals surface area (Å²) in [6, 6.07) is 4.22. The Hall–Kier alpha value is -2.09. The number of amides is 1. The number of aliphatic carboxylic acids is 1. The normalized spacial score (nSPS) is 20.6. The fraction of sp³-hybridized carbons (Fsp3) is 0.429. The molecule has 118 valence electrons. The molecule has 0 bridgehead atoms. The van der Waals surface area contributed by atoms with Crippen molar-refractivity contribution in [3.05, 3.63) is 39.4 Å². The molecule has 7 nitrogen and oxygen atoms in total. The zero-order valence-electron chi connectivity index (χ0n) is 12.0. The maximum absolute atomic E-state index is 12.3. The van der Waals surface area contributed by atoms with Crippen molar-refractivity contribution < 1.29 is 19.6 Å². The smallest absolute Gasteiger partial charge is 0.330 e. The van der Waals surface area contributed by atoms with Gasteiger partial charge in [-0.3, -0.25) is 14.9 Å². The van der Waals surface area contributed by atoms with Crippen LogP contribution in [0.1, 0.15) is 29.3 Å². The average molecular weight is 324 g/mol. The monoisotopic (exact) mass is 324 g/mol. The van der Waals surface area contributed by atoms with Crippen LogP contribution in [0.2, 0.25) is 0 Å². The van der Waals surface area contributed by atoms with Gasteiger partial charge in [0.05, 0.1) is 4.92 Å². The van der Waals surface area contributed by atoms with E-state index in [1.165, 1.54) is 30.0 Å². The molecule has 2 N–H and O–H groups in total. The van der Waals surface area contributed by atoms with Gasteiger partial charge >= 0.3 is 5.97 Å². The molecule has 0 aliphatic carbocycles. The van der Waals surface area contributed by atoms with Gasteiger partial charge < -0.3 is 10.4 Å². The molecule has 0 saturated carbocycles. The maximum Gasteiger partial charge on any atom is 0.330 e. The maximum atomic E-state index is 12.3. The van der Waals surface area contributed by atoms with E-state index in [2.05, 4.69) is 5.32 Å². The van der Waals surface area contributed by atoms with E-state index in [9.17, 15) is 24.8 Å². The molecule has 1 saturated heterocycles. The number of carboxylic acids is 1. The Morgan fingerprint density at radius 2 is 2.23 bits per heavy atom. The number of hydrogen-bond donors (Lipinski definition) is 2. The number of nitro benzene ring substituents is 1. The van der Waals surface area contributed by atoms with Crippen LogP contribution in [0.5, 0.6) is 0 Å². The molecule has 1 aliphatic heterocycles. The first-order valence-corrected chi connectivity index (χ1v) is 7.96. The molecule has 0 spiro atoms. The minimum absolute atomic E-state index is 0.0985. The number of carboxylic acid groups (broad SMARTS) is 1. The number of carbonyl (C=O) groups excluding carboxylic acids is 1. The zero-order chi connectivity index (χ0) is 16.3. The SMILES string of the molecule is CCc1ccc(C(=O)NC2(C(=O)O)CCSC2)cc1[N+](=O)[O-]. The predicted molar refractivity (Wildman–Crippen MR) is 82.2 cm³/mol. The molecule has 0 radical (unpaired) electrons. The zero-order valence-corrected chi connectivity index (χ0v) is 12.8. The van der Waals surface area contributed by atoms with E-state index >= 15 is 0 Å². The lowest BCUT2D eigenvalue weighted by molar-refractivity contribution is -0.385. The van der Waals surface area contributed by atoms with E-state index in [4.69, 9.17) is 0 Å². The van der Waals surface area contributed by atoms with Crippen LogP contribution >= 0.6 is 11.8 Å². The average Bonchev–Trinajstić information content (AvgIpc) is 2.96. The molecule has 0 aromatic heterocycles. The van der Waals surface area contributed by atoms with Gasteiger partial charge in [0, 0.05) is 22.9 Å². The van der Waals surface area contributed by atoms with E-state index in [1.807, 2.05) is 0 Å². The third-order valence-electron chi connectivity index (χ3n) is 3.71. The van der Waals surface area contributed by atoms with Crippen LogP contribution in [0.25, 0.3) is 0 Å². The molecule has 1 aromatic rings. The Bertz CT molecular complexity index is 626. The Morgan fingerprint density at radius 1 is 1.50 bits per heavy atom. The molecular formula is C14H16N2O5S. The van der Waals surface area contributed by atoms with E-state index in [0.29, 0.717) is 29.9 Å². The van der Waals surface area contributed by atoms with Crippen LogP contribution in [-0.2, 0) is 11.2 Å². The van der Waals surface area contributed by atoms with Crippen molar-refractivity contribution in [2.75, 3.05) is 11.5 Å². The highest BCUT2D eigenvalue weighted by Gasteiger charge is 2.43. The van der Waals surface area contributed by atoms with E-state index in [-0.39, 0.29) is 11.3 Å². The largest absolute Gasteiger partial charge is 0.479 e. The number of thioether (sulfide) groups is 1. The lowest BCUT2D eigenvalue weighted by Crippen LogP contribution is -2.54. The van der Waals surface area contributed by atoms with Crippen molar-refractivity contribution >= 4 is 29.3 Å². The highest BCUT2D eigenvalue weighted by Crippen LogP contribution is 2.29. The molecule has 1 heterocycles. The van der Waals surface area contributed by atoms with Crippen molar-refractivity contribution in [1.82, 2.24) is 5.32 Å². The third-order valence-corrected chi connectivity index (χ3v) is 4.90. The second-order valence-corrected chi connectivity index (χ2v) is 6.20. The van der Waals surface area contributed by atoms with Crippen molar-refractivity contribution in [3.63, 3.8) is 0 Å². The summed E-state index contributed by atoms with van der Waals surface area (Å²) in [7, 11) is 0. The number of carbonyl (C=O) groups is 2. The van der Waals surface area contributed by atoms with Gasteiger partial charge in [-0.05, 0) is 24.7 Å². The van der Waals surface area contributed by atoms with Crippen molar-refractivity contribution in [2.24, 2.45) is 0 Å². The lowest BCUT2D eigenvalue weighted by Gasteiger charge is -2.24. The summed E-state index contributed by atoms with van der Waals surface area (Å²) in [5.74, 6) is -0.730. The van der Waals surface area contributed by atoms with Gasteiger partial charge in [-0.25, -0.2) is 4.79 Å². The second-order valence-electron chi connectivity index (χ2n) is 5.10. The summed E-state index contributed by atoms with van der Waals surface area (Å²) >= 11 is 1.46. The quantitative estimate of drug-likeness (QED) is 0.632. The van der Waals surface area contributed by atoms with Crippen LogP contribution in [0.4, 0.5) is 5.69 Å². The molecular weight excluding hydrogens is 308 g/mol. The highest BCUT2D eigenvalue weighted by atomic mass is 32.2. The van der Waals surface area contributed by atoms with E-state index in [0.717, 1.165) is 0 Å². The molecule has 1 amide bonds. The number of nitrogens with zero attached hydrogens (tertiary/aromatic N) is 1. The standard InChI is InChI=1S/C14H16N2O5S/c1-2-9-3-4-10(7-11(9)16(20)21)12(17)15-14(13(18)19)5-6-22-8-14/h3-4,7H,2,5-6,8H2,1H3,(H,15,17)(H,18,19). The predicted octanol–water partition coefficient (Wildman–Crippen LogP) is 1.85. The van der Waals surface area contributed by atoms with Crippen LogP contribution in [0.3, 0.4) is 0 Å². The Labute approximate surface area is 131 Å².